The van der Waals surface area contributed by atoms with E-state index in [4.69, 9.17) is 0 Å². The highest BCUT2D eigenvalue weighted by molar-refractivity contribution is 7.92. The topological polar surface area (TPSA) is 86.8 Å². The van der Waals surface area contributed by atoms with Gasteiger partial charge in [0.25, 0.3) is 10.0 Å². The number of carbonyl (C=O) groups is 2. The molecule has 0 saturated carbocycles. The molecule has 1 N–H and O–H groups in total. The molecule has 0 saturated heterocycles. The Bertz CT molecular complexity index is 1740. The molecule has 0 aliphatic heterocycles. The first-order chi connectivity index (χ1) is 21.9. The van der Waals surface area contributed by atoms with Crippen molar-refractivity contribution in [3.8, 4) is 0 Å². The normalized spacial score (nSPS) is 12.7. The highest BCUT2D eigenvalue weighted by atomic mass is 32.2. The van der Waals surface area contributed by atoms with Crippen molar-refractivity contribution >= 4 is 27.5 Å². The number of hydrogen-bond donors (Lipinski definition) is 1. The van der Waals surface area contributed by atoms with Gasteiger partial charge in [-0.2, -0.15) is 0 Å². The Morgan fingerprint density at radius 2 is 1.37 bits per heavy atom. The van der Waals surface area contributed by atoms with Gasteiger partial charge in [0.1, 0.15) is 12.6 Å². The van der Waals surface area contributed by atoms with Crippen LogP contribution in [0, 0.1) is 27.7 Å². The van der Waals surface area contributed by atoms with Crippen molar-refractivity contribution in [2.24, 2.45) is 0 Å². The summed E-state index contributed by atoms with van der Waals surface area (Å²) >= 11 is 0. The standard InChI is InChI=1S/C38H45N3O4S/c1-7-30(5)39-38(43)36(24-32-13-9-8-10-14-32)40(25-33-20-16-27(2)17-21-33)37(42)26-41(35-15-11-12-29(4)31(35)6)46(44,45)34-22-18-28(3)19-23-34/h8-23,30,36H,7,24-26H2,1-6H3,(H,39,43)/t30-,36+/m0/s1. The Balaban J connectivity index is 1.83. The van der Waals surface area contributed by atoms with Crippen molar-refractivity contribution in [2.75, 3.05) is 10.8 Å². The number of carbonyl (C=O) groups excluding carboxylic acids is 2. The summed E-state index contributed by atoms with van der Waals surface area (Å²) in [5.74, 6) is -0.754. The molecule has 0 aliphatic rings. The summed E-state index contributed by atoms with van der Waals surface area (Å²) in [6.07, 6.45) is 1.000. The lowest BCUT2D eigenvalue weighted by Crippen LogP contribution is -2.54. The minimum Gasteiger partial charge on any atom is -0.352 e. The van der Waals surface area contributed by atoms with Gasteiger partial charge in [-0.25, -0.2) is 8.42 Å². The average molecular weight is 640 g/mol. The molecule has 0 heterocycles. The molecule has 0 bridgehead atoms. The number of amides is 2. The molecule has 0 aromatic heterocycles. The van der Waals surface area contributed by atoms with Crippen LogP contribution in [0.4, 0.5) is 5.69 Å². The molecule has 0 unspecified atom stereocenters. The van der Waals surface area contributed by atoms with E-state index in [-0.39, 0.29) is 29.8 Å². The Morgan fingerprint density at radius 3 is 1.98 bits per heavy atom. The number of aryl methyl sites for hydroxylation is 3. The number of hydrogen-bond acceptors (Lipinski definition) is 4. The second-order valence-electron chi connectivity index (χ2n) is 12.1. The second kappa shape index (κ2) is 15.2. The lowest BCUT2D eigenvalue weighted by Gasteiger charge is -2.34. The first-order valence-electron chi connectivity index (χ1n) is 15.8. The molecule has 7 nitrogen and oxygen atoms in total. The second-order valence-corrected chi connectivity index (χ2v) is 13.9. The van der Waals surface area contributed by atoms with E-state index >= 15 is 0 Å². The largest absolute Gasteiger partial charge is 0.352 e. The molecule has 2 amide bonds. The molecule has 0 spiro atoms. The maximum absolute atomic E-state index is 14.7. The summed E-state index contributed by atoms with van der Waals surface area (Å²) in [5.41, 5.74) is 5.82. The molecule has 4 aromatic rings. The molecule has 4 rings (SSSR count). The van der Waals surface area contributed by atoms with Crippen molar-refractivity contribution in [1.29, 1.82) is 0 Å². The Morgan fingerprint density at radius 1 is 0.761 bits per heavy atom. The molecule has 46 heavy (non-hydrogen) atoms. The highest BCUT2D eigenvalue weighted by Crippen LogP contribution is 2.29. The van der Waals surface area contributed by atoms with E-state index in [1.807, 2.05) is 102 Å². The van der Waals surface area contributed by atoms with Gasteiger partial charge in [-0.15, -0.1) is 0 Å². The summed E-state index contributed by atoms with van der Waals surface area (Å²) in [7, 11) is -4.16. The van der Waals surface area contributed by atoms with E-state index in [2.05, 4.69) is 5.32 Å². The summed E-state index contributed by atoms with van der Waals surface area (Å²) in [6.45, 7) is 11.2. The molecule has 8 heteroatoms. The van der Waals surface area contributed by atoms with E-state index in [9.17, 15) is 18.0 Å². The molecule has 0 aliphatic carbocycles. The number of benzene rings is 4. The highest BCUT2D eigenvalue weighted by Gasteiger charge is 2.35. The number of sulfonamides is 1. The Hall–Kier alpha value is -4.43. The van der Waals surface area contributed by atoms with Gasteiger partial charge in [0.05, 0.1) is 10.6 Å². The van der Waals surface area contributed by atoms with Crippen molar-refractivity contribution in [1.82, 2.24) is 10.2 Å². The molecule has 4 aromatic carbocycles. The van der Waals surface area contributed by atoms with Crippen LogP contribution >= 0.6 is 0 Å². The average Bonchev–Trinajstić information content (AvgIpc) is 3.04. The first-order valence-corrected chi connectivity index (χ1v) is 17.2. The van der Waals surface area contributed by atoms with Crippen LogP contribution in [-0.4, -0.2) is 43.8 Å². The fourth-order valence-electron chi connectivity index (χ4n) is 5.24. The maximum Gasteiger partial charge on any atom is 0.264 e. The van der Waals surface area contributed by atoms with E-state index in [0.29, 0.717) is 5.69 Å². The van der Waals surface area contributed by atoms with Crippen molar-refractivity contribution in [3.05, 3.63) is 130 Å². The molecule has 0 fully saturated rings. The number of anilines is 1. The lowest BCUT2D eigenvalue weighted by atomic mass is 10.0. The summed E-state index contributed by atoms with van der Waals surface area (Å²) in [6, 6.07) is 28.5. The van der Waals surface area contributed by atoms with Crippen molar-refractivity contribution in [3.63, 3.8) is 0 Å². The third-order valence-electron chi connectivity index (χ3n) is 8.48. The van der Waals surface area contributed by atoms with E-state index in [0.717, 1.165) is 39.8 Å². The summed E-state index contributed by atoms with van der Waals surface area (Å²) in [5, 5.41) is 3.08. The molecule has 0 radical (unpaired) electrons. The van der Waals surface area contributed by atoms with Crippen LogP contribution in [0.3, 0.4) is 0 Å². The number of nitrogens with one attached hydrogen (secondary N) is 1. The van der Waals surface area contributed by atoms with Crippen LogP contribution in [0.25, 0.3) is 0 Å². The Kier molecular flexibility index (Phi) is 11.4. The van der Waals surface area contributed by atoms with Gasteiger partial charge in [0, 0.05) is 19.0 Å². The van der Waals surface area contributed by atoms with Gasteiger partial charge in [-0.05, 0) is 81.5 Å². The van der Waals surface area contributed by atoms with Gasteiger partial charge in [-0.1, -0.05) is 96.9 Å². The van der Waals surface area contributed by atoms with Crippen LogP contribution in [0.5, 0.6) is 0 Å². The first kappa shape index (κ1) is 34.4. The summed E-state index contributed by atoms with van der Waals surface area (Å²) < 4.78 is 29.8. The number of nitrogens with zero attached hydrogens (tertiary/aromatic N) is 2. The zero-order chi connectivity index (χ0) is 33.4. The van der Waals surface area contributed by atoms with Crippen molar-refractivity contribution < 1.29 is 18.0 Å². The predicted octanol–water partition coefficient (Wildman–Crippen LogP) is 6.67. The van der Waals surface area contributed by atoms with E-state index in [1.165, 1.54) is 9.21 Å². The maximum atomic E-state index is 14.7. The minimum atomic E-state index is -4.16. The quantitative estimate of drug-likeness (QED) is 0.177. The van der Waals surface area contributed by atoms with Crippen LogP contribution in [0.2, 0.25) is 0 Å². The van der Waals surface area contributed by atoms with Crippen LogP contribution in [0.1, 0.15) is 53.6 Å². The molecule has 2 atom stereocenters. The minimum absolute atomic E-state index is 0.0900. The summed E-state index contributed by atoms with van der Waals surface area (Å²) in [4.78, 5) is 30.3. The smallest absolute Gasteiger partial charge is 0.264 e. The van der Waals surface area contributed by atoms with Crippen LogP contribution < -0.4 is 9.62 Å². The van der Waals surface area contributed by atoms with Gasteiger partial charge < -0.3 is 10.2 Å². The lowest BCUT2D eigenvalue weighted by molar-refractivity contribution is -0.140. The molecule has 242 valence electrons. The molecular formula is C38H45N3O4S. The zero-order valence-electron chi connectivity index (χ0n) is 27.7. The van der Waals surface area contributed by atoms with Crippen LogP contribution in [0.15, 0.2) is 102 Å². The van der Waals surface area contributed by atoms with Gasteiger partial charge in [0.2, 0.25) is 11.8 Å². The zero-order valence-corrected chi connectivity index (χ0v) is 28.5. The fourth-order valence-corrected chi connectivity index (χ4v) is 6.71. The third-order valence-corrected chi connectivity index (χ3v) is 10.3. The van der Waals surface area contributed by atoms with Gasteiger partial charge in [0.15, 0.2) is 0 Å². The fraction of sp³-hybridized carbons (Fsp3) is 0.316. The van der Waals surface area contributed by atoms with E-state index < -0.39 is 28.5 Å². The Labute approximate surface area is 274 Å². The van der Waals surface area contributed by atoms with Gasteiger partial charge >= 0.3 is 0 Å². The monoisotopic (exact) mass is 639 g/mol. The van der Waals surface area contributed by atoms with E-state index in [1.54, 1.807) is 36.4 Å². The SMILES string of the molecule is CC[C@H](C)NC(=O)[C@@H](Cc1ccccc1)N(Cc1ccc(C)cc1)C(=O)CN(c1cccc(C)c1C)S(=O)(=O)c1ccc(C)cc1. The third kappa shape index (κ3) is 8.43. The van der Waals surface area contributed by atoms with Gasteiger partial charge in [-0.3, -0.25) is 13.9 Å². The van der Waals surface area contributed by atoms with Crippen LogP contribution in [-0.2, 0) is 32.6 Å². The van der Waals surface area contributed by atoms with Crippen molar-refractivity contribution in [2.45, 2.75) is 77.9 Å². The predicted molar refractivity (Wildman–Crippen MR) is 185 cm³/mol. The molecular weight excluding hydrogens is 595 g/mol. The number of rotatable bonds is 13.